The molecular weight excluding hydrogens is 663 g/mol. The van der Waals surface area contributed by atoms with Gasteiger partial charge in [-0.25, -0.2) is 0 Å². The van der Waals surface area contributed by atoms with E-state index in [0.29, 0.717) is 43.7 Å². The maximum absolute atomic E-state index is 13.3. The Kier molecular flexibility index (Phi) is 13.0. The second-order valence-corrected chi connectivity index (χ2v) is 21.1. The van der Waals surface area contributed by atoms with Crippen LogP contribution in [0.5, 0.6) is 11.5 Å². The highest BCUT2D eigenvalue weighted by molar-refractivity contribution is 5.70. The van der Waals surface area contributed by atoms with Crippen LogP contribution in [0, 0.1) is 0 Å². The van der Waals surface area contributed by atoms with E-state index in [9.17, 15) is 19.8 Å². The molecule has 1 heterocycles. The second kappa shape index (κ2) is 15.6. The number of benzene rings is 2. The molecule has 0 spiro atoms. The monoisotopic (exact) mass is 736 g/mol. The van der Waals surface area contributed by atoms with Crippen LogP contribution in [0.4, 0.5) is 0 Å². The fourth-order valence-corrected chi connectivity index (χ4v) is 8.08. The number of phenols is 2. The third kappa shape index (κ3) is 11.5. The SMILES string of the molecule is CC(CN1C(C)(C)CC(OC(=O)CCc2cc(C(C)(C)C)c(O)c(C(C)(C)C)c2)CC1(C)C)OC(=O)CCc1cc(C(C)(C)C)c(O)c(C(C)(C)C)c1. The number of carbonyl (C=O) groups excluding carboxylic acids is 2. The van der Waals surface area contributed by atoms with Gasteiger partial charge in [-0.2, -0.15) is 0 Å². The topological polar surface area (TPSA) is 96.3 Å². The minimum atomic E-state index is -0.323. The lowest BCUT2D eigenvalue weighted by molar-refractivity contribution is -0.166. The second-order valence-electron chi connectivity index (χ2n) is 21.1. The van der Waals surface area contributed by atoms with Crippen molar-refractivity contribution in [3.63, 3.8) is 0 Å². The maximum atomic E-state index is 13.3. The summed E-state index contributed by atoms with van der Waals surface area (Å²) >= 11 is 0. The molecule has 1 fully saturated rings. The number of carbonyl (C=O) groups is 2. The van der Waals surface area contributed by atoms with Crippen LogP contribution < -0.4 is 0 Å². The summed E-state index contributed by atoms with van der Waals surface area (Å²) in [7, 11) is 0. The highest BCUT2D eigenvalue weighted by Crippen LogP contribution is 2.43. The maximum Gasteiger partial charge on any atom is 0.306 e. The predicted octanol–water partition coefficient (Wildman–Crippen LogP) is 10.3. The number of hydrogen-bond donors (Lipinski definition) is 2. The van der Waals surface area contributed by atoms with Gasteiger partial charge >= 0.3 is 11.9 Å². The van der Waals surface area contributed by atoms with Crippen molar-refractivity contribution in [3.8, 4) is 11.5 Å². The highest BCUT2D eigenvalue weighted by Gasteiger charge is 2.47. The molecule has 7 nitrogen and oxygen atoms in total. The summed E-state index contributed by atoms with van der Waals surface area (Å²) in [6.45, 7) is 36.3. The molecular formula is C46H73NO6. The summed E-state index contributed by atoms with van der Waals surface area (Å²) in [4.78, 5) is 28.8. The molecule has 0 bridgehead atoms. The van der Waals surface area contributed by atoms with Crippen LogP contribution in [0.25, 0.3) is 0 Å². The van der Waals surface area contributed by atoms with Gasteiger partial charge in [0.1, 0.15) is 23.7 Å². The van der Waals surface area contributed by atoms with Gasteiger partial charge in [-0.05, 0) is 103 Å². The van der Waals surface area contributed by atoms with E-state index in [4.69, 9.17) is 9.47 Å². The van der Waals surface area contributed by atoms with Crippen molar-refractivity contribution in [2.75, 3.05) is 6.54 Å². The van der Waals surface area contributed by atoms with Crippen LogP contribution >= 0.6 is 0 Å². The van der Waals surface area contributed by atoms with Crippen LogP contribution in [0.3, 0.4) is 0 Å². The number of ether oxygens (including phenoxy) is 2. The Labute approximate surface area is 322 Å². The van der Waals surface area contributed by atoms with Crippen molar-refractivity contribution in [1.82, 2.24) is 4.90 Å². The summed E-state index contributed by atoms with van der Waals surface area (Å²) in [6, 6.07) is 8.13. The zero-order valence-electron chi connectivity index (χ0n) is 36.4. The molecule has 2 aromatic carbocycles. The molecule has 0 radical (unpaired) electrons. The molecule has 0 saturated carbocycles. The molecule has 53 heavy (non-hydrogen) atoms. The number of nitrogens with zero attached hydrogens (tertiary/aromatic N) is 1. The Bertz CT molecular complexity index is 1530. The van der Waals surface area contributed by atoms with Crippen LogP contribution in [-0.4, -0.2) is 56.9 Å². The smallest absolute Gasteiger partial charge is 0.306 e. The lowest BCUT2D eigenvalue weighted by Crippen LogP contribution is -2.63. The lowest BCUT2D eigenvalue weighted by Gasteiger charge is -2.55. The van der Waals surface area contributed by atoms with Gasteiger partial charge in [-0.15, -0.1) is 0 Å². The minimum absolute atomic E-state index is 0.210. The minimum Gasteiger partial charge on any atom is -0.507 e. The molecule has 0 aromatic heterocycles. The van der Waals surface area contributed by atoms with E-state index >= 15 is 0 Å². The first-order chi connectivity index (χ1) is 23.8. The van der Waals surface area contributed by atoms with Crippen molar-refractivity contribution in [1.29, 1.82) is 0 Å². The molecule has 1 aliphatic rings. The standard InChI is InChI=1S/C46H73NO6/c1-29(52-37(48)20-18-30-22-33(41(2,3)4)39(50)34(23-30)42(5,6)7)28-47-45(14,15)26-32(27-46(47,16)17)53-38(49)21-19-31-24-35(43(8,9)10)40(51)36(25-31)44(11,12)13/h22-25,29,32,50-51H,18-21,26-28H2,1-17H3. The van der Waals surface area contributed by atoms with Crippen molar-refractivity contribution >= 4 is 11.9 Å². The number of rotatable bonds is 10. The van der Waals surface area contributed by atoms with Crippen molar-refractivity contribution in [3.05, 3.63) is 57.6 Å². The van der Waals surface area contributed by atoms with Crippen molar-refractivity contribution in [2.45, 2.75) is 201 Å². The van der Waals surface area contributed by atoms with Gasteiger partial charge in [-0.3, -0.25) is 14.5 Å². The predicted molar refractivity (Wildman–Crippen MR) is 217 cm³/mol. The Morgan fingerprint density at radius 1 is 0.660 bits per heavy atom. The zero-order valence-corrected chi connectivity index (χ0v) is 36.4. The number of aromatic hydroxyl groups is 2. The number of likely N-dealkylation sites (tertiary alicyclic amines) is 1. The Hall–Kier alpha value is -3.06. The van der Waals surface area contributed by atoms with Gasteiger partial charge in [0.2, 0.25) is 0 Å². The van der Waals surface area contributed by atoms with E-state index in [1.807, 2.05) is 31.2 Å². The molecule has 7 heteroatoms. The normalized spacial score (nSPS) is 17.8. The molecule has 2 N–H and O–H groups in total. The molecule has 1 unspecified atom stereocenters. The summed E-state index contributed by atoms with van der Waals surface area (Å²) in [5.74, 6) is 0.234. The first-order valence-electron chi connectivity index (χ1n) is 19.7. The molecule has 0 aliphatic carbocycles. The molecule has 3 rings (SSSR count). The van der Waals surface area contributed by atoms with Crippen LogP contribution in [0.2, 0.25) is 0 Å². The number of aryl methyl sites for hydroxylation is 2. The number of hydrogen-bond acceptors (Lipinski definition) is 7. The summed E-state index contributed by atoms with van der Waals surface area (Å²) in [5, 5.41) is 22.2. The van der Waals surface area contributed by atoms with Gasteiger partial charge in [0.15, 0.2) is 0 Å². The highest BCUT2D eigenvalue weighted by atomic mass is 16.5. The van der Waals surface area contributed by atoms with Crippen LogP contribution in [0.1, 0.15) is 177 Å². The Balaban J connectivity index is 1.62. The first kappa shape index (κ1) is 44.3. The van der Waals surface area contributed by atoms with E-state index in [2.05, 4.69) is 116 Å². The van der Waals surface area contributed by atoms with Gasteiger partial charge in [0.25, 0.3) is 0 Å². The first-order valence-corrected chi connectivity index (χ1v) is 19.7. The molecule has 1 aliphatic heterocycles. The van der Waals surface area contributed by atoms with E-state index in [1.54, 1.807) is 0 Å². The van der Waals surface area contributed by atoms with E-state index in [0.717, 1.165) is 33.4 Å². The van der Waals surface area contributed by atoms with Gasteiger partial charge in [-0.1, -0.05) is 107 Å². The van der Waals surface area contributed by atoms with E-state index in [1.165, 1.54) is 0 Å². The third-order valence-corrected chi connectivity index (χ3v) is 10.8. The van der Waals surface area contributed by atoms with Gasteiger partial charge in [0.05, 0.1) is 0 Å². The number of piperidine rings is 1. The molecule has 1 atom stereocenters. The summed E-state index contributed by atoms with van der Waals surface area (Å²) < 4.78 is 12.1. The van der Waals surface area contributed by atoms with Crippen molar-refractivity contribution in [2.24, 2.45) is 0 Å². The quantitative estimate of drug-likeness (QED) is 0.235. The zero-order chi connectivity index (χ0) is 40.7. The largest absolute Gasteiger partial charge is 0.507 e. The van der Waals surface area contributed by atoms with E-state index in [-0.39, 0.29) is 69.7 Å². The average Bonchev–Trinajstić information content (AvgIpc) is 2.95. The molecule has 298 valence electrons. The van der Waals surface area contributed by atoms with E-state index < -0.39 is 0 Å². The van der Waals surface area contributed by atoms with Gasteiger partial charge in [0, 0.05) is 43.3 Å². The fraction of sp³-hybridized carbons (Fsp3) is 0.696. The Morgan fingerprint density at radius 2 is 0.981 bits per heavy atom. The molecule has 2 aromatic rings. The molecule has 1 saturated heterocycles. The number of esters is 2. The third-order valence-electron chi connectivity index (χ3n) is 10.8. The number of phenolic OH excluding ortho intramolecular Hbond substituents is 2. The van der Waals surface area contributed by atoms with Gasteiger partial charge < -0.3 is 19.7 Å². The van der Waals surface area contributed by atoms with Crippen LogP contribution in [-0.2, 0) is 53.6 Å². The van der Waals surface area contributed by atoms with Crippen LogP contribution in [0.15, 0.2) is 24.3 Å². The molecule has 0 amide bonds. The average molecular weight is 736 g/mol. The lowest BCUT2D eigenvalue weighted by atomic mass is 9.77. The summed E-state index contributed by atoms with van der Waals surface area (Å²) in [5.41, 5.74) is 4.08. The van der Waals surface area contributed by atoms with Crippen molar-refractivity contribution < 1.29 is 29.3 Å². The Morgan fingerprint density at radius 3 is 1.30 bits per heavy atom. The fourth-order valence-electron chi connectivity index (χ4n) is 8.08. The summed E-state index contributed by atoms with van der Waals surface area (Å²) in [6.07, 6.45) is 2.41.